The number of rotatable bonds is 9. The van der Waals surface area contributed by atoms with E-state index in [9.17, 15) is 29.2 Å². The number of nitrogens with one attached hydrogen (secondary N) is 2. The number of fused-ring (bicyclic) bond motifs is 1. The lowest BCUT2D eigenvalue weighted by Gasteiger charge is -2.63. The number of amides is 5. The number of hydrogen-bond donors (Lipinski definition) is 2. The van der Waals surface area contributed by atoms with Crippen molar-refractivity contribution in [1.82, 2.24) is 30.6 Å². The van der Waals surface area contributed by atoms with Crippen molar-refractivity contribution in [3.05, 3.63) is 75.7 Å². The number of carbonyl (C=O) groups is 5. The number of ether oxygens (including phenoxy) is 1. The van der Waals surface area contributed by atoms with Gasteiger partial charge in [-0.3, -0.25) is 39.1 Å². The van der Waals surface area contributed by atoms with Gasteiger partial charge in [0, 0.05) is 81.1 Å². The van der Waals surface area contributed by atoms with Crippen molar-refractivity contribution in [3.63, 3.8) is 0 Å². The Bertz CT molecular complexity index is 2250. The number of hydrogen-bond acceptors (Lipinski definition) is 12. The van der Waals surface area contributed by atoms with Crippen LogP contribution >= 0.6 is 11.6 Å². The molecule has 302 valence electrons. The monoisotopic (exact) mass is 811 g/mol. The molecule has 1 aromatic heterocycles. The summed E-state index contributed by atoms with van der Waals surface area (Å²) in [5.74, 6) is -1.88. The zero-order valence-corrected chi connectivity index (χ0v) is 33.3. The van der Waals surface area contributed by atoms with Gasteiger partial charge in [0.05, 0.1) is 27.4 Å². The van der Waals surface area contributed by atoms with Crippen LogP contribution in [-0.4, -0.2) is 114 Å². The van der Waals surface area contributed by atoms with Gasteiger partial charge in [0.25, 0.3) is 17.7 Å². The van der Waals surface area contributed by atoms with Gasteiger partial charge in [-0.15, -0.1) is 10.2 Å². The van der Waals surface area contributed by atoms with Crippen molar-refractivity contribution in [2.24, 2.45) is 16.7 Å². The average Bonchev–Trinajstić information content (AvgIpc) is 3.41. The molecule has 3 aromatic rings. The van der Waals surface area contributed by atoms with Gasteiger partial charge in [0.15, 0.2) is 11.5 Å². The standard InChI is InChI=1S/C41H43ClFN9O6/c1-40(2)38(41(3,4)39(40)58-24-6-5-23(18-44)27(42)15-24)46-34(54)29-7-9-32(48-47-29)51-20-22(21-51)19-49-11-13-50(14-12-49)31-17-26-25(16-28(31)43)36(56)52(37(26)57)30-8-10-33(53)45-35(30)55/h5-7,9,15-17,22,30,38-39H,8,10-14,19-21H2,1-4H3,(H,46,54)(H,45,53,55)/t30?,38-,39-. The smallest absolute Gasteiger partial charge is 0.272 e. The number of benzene rings is 2. The van der Waals surface area contributed by atoms with E-state index in [1.807, 2.05) is 44.7 Å². The first kappa shape index (κ1) is 39.2. The van der Waals surface area contributed by atoms with Crippen LogP contribution in [0.2, 0.25) is 5.02 Å². The molecule has 0 bridgehead atoms. The first-order chi connectivity index (χ1) is 27.6. The van der Waals surface area contributed by atoms with Crippen LogP contribution in [0, 0.1) is 33.9 Å². The zero-order chi connectivity index (χ0) is 41.3. The van der Waals surface area contributed by atoms with Crippen LogP contribution in [0.5, 0.6) is 5.75 Å². The van der Waals surface area contributed by atoms with Crippen molar-refractivity contribution in [3.8, 4) is 11.8 Å². The Morgan fingerprint density at radius 1 is 0.966 bits per heavy atom. The van der Waals surface area contributed by atoms with Crippen LogP contribution in [0.4, 0.5) is 15.9 Å². The second-order valence-electron chi connectivity index (χ2n) is 16.9. The van der Waals surface area contributed by atoms with Gasteiger partial charge in [0.1, 0.15) is 29.8 Å². The Morgan fingerprint density at radius 3 is 2.28 bits per heavy atom. The van der Waals surface area contributed by atoms with E-state index in [1.54, 1.807) is 24.3 Å². The van der Waals surface area contributed by atoms with E-state index in [0.717, 1.165) is 30.6 Å². The van der Waals surface area contributed by atoms with Crippen LogP contribution in [-0.2, 0) is 9.59 Å². The van der Waals surface area contributed by atoms with Crippen molar-refractivity contribution >= 4 is 52.6 Å². The molecule has 5 aliphatic rings. The average molecular weight is 812 g/mol. The second kappa shape index (κ2) is 14.6. The van der Waals surface area contributed by atoms with E-state index in [4.69, 9.17) is 16.3 Å². The topological polar surface area (TPSA) is 181 Å². The summed E-state index contributed by atoms with van der Waals surface area (Å²) in [5.41, 5.74) is -0.0427. The molecule has 1 unspecified atom stereocenters. The number of imide groups is 2. The highest BCUT2D eigenvalue weighted by Crippen LogP contribution is 2.55. The fourth-order valence-electron chi connectivity index (χ4n) is 9.55. The van der Waals surface area contributed by atoms with Crippen molar-refractivity contribution in [1.29, 1.82) is 5.26 Å². The summed E-state index contributed by atoms with van der Waals surface area (Å²) in [4.78, 5) is 70.9. The summed E-state index contributed by atoms with van der Waals surface area (Å²) in [6.07, 6.45) is -0.200. The zero-order valence-electron chi connectivity index (χ0n) is 32.6. The third-order valence-electron chi connectivity index (χ3n) is 12.3. The predicted octanol–water partition coefficient (Wildman–Crippen LogP) is 3.41. The van der Waals surface area contributed by atoms with Gasteiger partial charge in [-0.05, 0) is 42.8 Å². The maximum Gasteiger partial charge on any atom is 0.272 e. The lowest BCUT2D eigenvalue weighted by atomic mass is 9.49. The highest BCUT2D eigenvalue weighted by Gasteiger charge is 2.64. The van der Waals surface area contributed by atoms with Crippen molar-refractivity contribution in [2.45, 2.75) is 58.7 Å². The Balaban J connectivity index is 0.804. The van der Waals surface area contributed by atoms with Crippen LogP contribution in [0.3, 0.4) is 0 Å². The number of nitrogens with zero attached hydrogens (tertiary/aromatic N) is 7. The molecule has 1 aliphatic carbocycles. The minimum absolute atomic E-state index is 0.00616. The molecular weight excluding hydrogens is 769 g/mol. The normalized spacial score (nSPS) is 24.1. The third-order valence-corrected chi connectivity index (χ3v) is 12.6. The molecule has 5 amide bonds. The summed E-state index contributed by atoms with van der Waals surface area (Å²) in [6.45, 7) is 12.9. The Kier molecular flexibility index (Phi) is 9.87. The SMILES string of the molecule is CC1(C)[C@H](NC(=O)c2ccc(N3CC(CN4CCN(c5cc6c(cc5F)C(=O)N(C5CCC(=O)NC5=O)C6=O)CC4)C3)nn2)C(C)(C)[C@H]1Oc1ccc(C#N)c(Cl)c1. The van der Waals surface area contributed by atoms with Gasteiger partial charge in [-0.25, -0.2) is 4.39 Å². The molecule has 58 heavy (non-hydrogen) atoms. The molecule has 5 heterocycles. The summed E-state index contributed by atoms with van der Waals surface area (Å²) in [5, 5.41) is 23.5. The molecule has 8 rings (SSSR count). The van der Waals surface area contributed by atoms with Crippen LogP contribution in [0.1, 0.15) is 77.3 Å². The molecule has 4 fully saturated rings. The largest absolute Gasteiger partial charge is 0.489 e. The first-order valence-corrected chi connectivity index (χ1v) is 19.7. The summed E-state index contributed by atoms with van der Waals surface area (Å²) >= 11 is 6.22. The number of piperazine rings is 1. The fraction of sp³-hybridized carbons (Fsp3) is 0.463. The van der Waals surface area contributed by atoms with Crippen LogP contribution in [0.25, 0.3) is 0 Å². The molecule has 15 nitrogen and oxygen atoms in total. The van der Waals surface area contributed by atoms with Crippen molar-refractivity contribution in [2.75, 3.05) is 55.6 Å². The Hall–Kier alpha value is -5.66. The number of halogens is 2. The molecule has 0 radical (unpaired) electrons. The Labute approximate surface area is 339 Å². The van der Waals surface area contributed by atoms with E-state index < -0.39 is 46.3 Å². The number of piperidine rings is 1. The summed E-state index contributed by atoms with van der Waals surface area (Å²) in [7, 11) is 0. The highest BCUT2D eigenvalue weighted by atomic mass is 35.5. The van der Waals surface area contributed by atoms with E-state index in [-0.39, 0.29) is 53.4 Å². The maximum absolute atomic E-state index is 15.4. The molecule has 0 spiro atoms. The van der Waals surface area contributed by atoms with Crippen LogP contribution in [0.15, 0.2) is 42.5 Å². The van der Waals surface area contributed by atoms with Gasteiger partial charge in [0.2, 0.25) is 11.8 Å². The minimum atomic E-state index is -1.11. The lowest BCUT2D eigenvalue weighted by molar-refractivity contribution is -0.164. The van der Waals surface area contributed by atoms with E-state index in [0.29, 0.717) is 54.3 Å². The van der Waals surface area contributed by atoms with Gasteiger partial charge in [-0.2, -0.15) is 5.26 Å². The fourth-order valence-corrected chi connectivity index (χ4v) is 9.76. The Morgan fingerprint density at radius 2 is 1.66 bits per heavy atom. The van der Waals surface area contributed by atoms with Gasteiger partial charge >= 0.3 is 0 Å². The van der Waals surface area contributed by atoms with Gasteiger partial charge in [-0.1, -0.05) is 39.3 Å². The lowest BCUT2D eigenvalue weighted by Crippen LogP contribution is -2.74. The predicted molar refractivity (Wildman–Crippen MR) is 209 cm³/mol. The molecule has 2 N–H and O–H groups in total. The number of anilines is 2. The van der Waals surface area contributed by atoms with E-state index in [2.05, 4.69) is 30.6 Å². The van der Waals surface area contributed by atoms with Gasteiger partial charge < -0.3 is 19.9 Å². The summed E-state index contributed by atoms with van der Waals surface area (Å²) in [6, 6.07) is 11.7. The van der Waals surface area contributed by atoms with Crippen molar-refractivity contribution < 1.29 is 33.1 Å². The first-order valence-electron chi connectivity index (χ1n) is 19.3. The molecule has 1 saturated carbocycles. The highest BCUT2D eigenvalue weighted by molar-refractivity contribution is 6.31. The maximum atomic E-state index is 15.4. The molecule has 3 saturated heterocycles. The molecule has 17 heteroatoms. The number of aromatic nitrogens is 2. The molecule has 4 aliphatic heterocycles. The minimum Gasteiger partial charge on any atom is -0.489 e. The van der Waals surface area contributed by atoms with E-state index >= 15 is 4.39 Å². The number of carbonyl (C=O) groups excluding carboxylic acids is 5. The van der Waals surface area contributed by atoms with Crippen LogP contribution < -0.4 is 25.2 Å². The second-order valence-corrected chi connectivity index (χ2v) is 17.3. The molecule has 2 aromatic carbocycles. The number of nitriles is 1. The molecular formula is C41H43ClFN9O6. The van der Waals surface area contributed by atoms with E-state index in [1.165, 1.54) is 6.07 Å². The third kappa shape index (κ3) is 6.79. The summed E-state index contributed by atoms with van der Waals surface area (Å²) < 4.78 is 21.7. The quantitative estimate of drug-likeness (QED) is 0.301. The molecule has 1 atom stereocenters.